The number of rotatable bonds is 6. The average molecular weight is 220 g/mol. The van der Waals surface area contributed by atoms with Gasteiger partial charge in [0.05, 0.1) is 6.61 Å². The molecule has 0 spiro atoms. The van der Waals surface area contributed by atoms with Crippen molar-refractivity contribution in [1.82, 2.24) is 0 Å². The lowest BCUT2D eigenvalue weighted by atomic mass is 9.78. The largest absolute Gasteiger partial charge is 0.494 e. The Labute approximate surface area is 96.5 Å². The van der Waals surface area contributed by atoms with Gasteiger partial charge in [-0.15, -0.1) is 6.58 Å². The molecule has 0 saturated heterocycles. The van der Waals surface area contributed by atoms with Crippen LogP contribution in [-0.2, 0) is 6.42 Å². The molecule has 0 aliphatic heterocycles. The maximum atomic E-state index is 9.24. The Balaban J connectivity index is 2.85. The highest BCUT2D eigenvalue weighted by Crippen LogP contribution is 2.11. The predicted molar refractivity (Wildman–Crippen MR) is 66.0 cm³/mol. The van der Waals surface area contributed by atoms with E-state index in [0.717, 1.165) is 18.4 Å². The maximum Gasteiger partial charge on any atom is 0.492 e. The molecule has 0 unspecified atom stereocenters. The fourth-order valence-corrected chi connectivity index (χ4v) is 1.40. The molecule has 0 radical (unpaired) electrons. The summed E-state index contributed by atoms with van der Waals surface area (Å²) in [7, 11) is -1.50. The van der Waals surface area contributed by atoms with Gasteiger partial charge in [-0.2, -0.15) is 0 Å². The first-order chi connectivity index (χ1) is 7.69. The molecular formula is C12H17BO3. The molecule has 4 heteroatoms. The Morgan fingerprint density at radius 1 is 1.44 bits per heavy atom. The smallest absolute Gasteiger partial charge is 0.492 e. The van der Waals surface area contributed by atoms with Crippen molar-refractivity contribution >= 4 is 12.6 Å². The number of benzene rings is 1. The van der Waals surface area contributed by atoms with Crippen LogP contribution in [0, 0.1) is 0 Å². The Morgan fingerprint density at radius 3 is 2.75 bits per heavy atom. The highest BCUT2D eigenvalue weighted by atomic mass is 16.5. The van der Waals surface area contributed by atoms with E-state index in [1.807, 2.05) is 13.0 Å². The van der Waals surface area contributed by atoms with Crippen LogP contribution >= 0.6 is 0 Å². The van der Waals surface area contributed by atoms with Crippen molar-refractivity contribution in [3.63, 3.8) is 0 Å². The molecule has 0 saturated carbocycles. The molecule has 86 valence electrons. The van der Waals surface area contributed by atoms with Gasteiger partial charge in [0.2, 0.25) is 0 Å². The van der Waals surface area contributed by atoms with Gasteiger partial charge in [-0.3, -0.25) is 0 Å². The molecule has 2 N–H and O–H groups in total. The molecule has 0 amide bonds. The second-order valence-electron chi connectivity index (χ2n) is 3.53. The summed E-state index contributed by atoms with van der Waals surface area (Å²) in [5.41, 5.74) is 1.47. The quantitative estimate of drug-likeness (QED) is 0.425. The van der Waals surface area contributed by atoms with Gasteiger partial charge < -0.3 is 14.8 Å². The third-order valence-electron chi connectivity index (χ3n) is 2.34. The minimum absolute atomic E-state index is 0.420. The topological polar surface area (TPSA) is 49.7 Å². The molecule has 0 bridgehead atoms. The molecule has 1 rings (SSSR count). The molecule has 0 aliphatic rings. The molecule has 0 fully saturated rings. The summed E-state index contributed by atoms with van der Waals surface area (Å²) in [5, 5.41) is 18.5. The molecule has 0 heterocycles. The lowest BCUT2D eigenvalue weighted by Gasteiger charge is -2.11. The summed E-state index contributed by atoms with van der Waals surface area (Å²) in [5.74, 6) is 0.522. The molecule has 1 aromatic rings. The fourth-order valence-electron chi connectivity index (χ4n) is 1.40. The minimum Gasteiger partial charge on any atom is -0.494 e. The summed E-state index contributed by atoms with van der Waals surface area (Å²) in [6.45, 7) is 6.11. The van der Waals surface area contributed by atoms with Crippen LogP contribution in [0.5, 0.6) is 5.75 Å². The van der Waals surface area contributed by atoms with E-state index >= 15 is 0 Å². The van der Waals surface area contributed by atoms with Crippen LogP contribution in [0.15, 0.2) is 30.9 Å². The second-order valence-corrected chi connectivity index (χ2v) is 3.53. The van der Waals surface area contributed by atoms with Crippen molar-refractivity contribution in [3.8, 4) is 5.75 Å². The first-order valence-electron chi connectivity index (χ1n) is 5.41. The van der Waals surface area contributed by atoms with Crippen molar-refractivity contribution in [1.29, 1.82) is 0 Å². The van der Waals surface area contributed by atoms with Crippen LogP contribution in [0.1, 0.15) is 18.9 Å². The van der Waals surface area contributed by atoms with E-state index in [4.69, 9.17) is 4.74 Å². The van der Waals surface area contributed by atoms with Crippen molar-refractivity contribution in [2.75, 3.05) is 6.61 Å². The van der Waals surface area contributed by atoms with Gasteiger partial charge in [-0.25, -0.2) is 0 Å². The Kier molecular flexibility index (Phi) is 5.09. The summed E-state index contributed by atoms with van der Waals surface area (Å²) < 4.78 is 5.45. The monoisotopic (exact) mass is 220 g/mol. The highest BCUT2D eigenvalue weighted by Gasteiger charge is 2.17. The van der Waals surface area contributed by atoms with E-state index in [1.165, 1.54) is 0 Å². The Morgan fingerprint density at radius 2 is 2.19 bits per heavy atom. The lowest BCUT2D eigenvalue weighted by Crippen LogP contribution is -2.32. The summed E-state index contributed by atoms with van der Waals surface area (Å²) in [6, 6.07) is 5.46. The zero-order valence-electron chi connectivity index (χ0n) is 9.52. The van der Waals surface area contributed by atoms with Gasteiger partial charge in [-0.1, -0.05) is 25.1 Å². The van der Waals surface area contributed by atoms with Gasteiger partial charge in [0, 0.05) is 5.46 Å². The number of aryl methyl sites for hydroxylation is 1. The molecular weight excluding hydrogens is 203 g/mol. The van der Waals surface area contributed by atoms with E-state index in [-0.39, 0.29) is 0 Å². The van der Waals surface area contributed by atoms with Crippen LogP contribution in [0.25, 0.3) is 0 Å². The van der Waals surface area contributed by atoms with Crippen LogP contribution in [0.4, 0.5) is 0 Å². The Hall–Kier alpha value is -1.26. The van der Waals surface area contributed by atoms with Crippen LogP contribution < -0.4 is 10.2 Å². The summed E-state index contributed by atoms with van der Waals surface area (Å²) >= 11 is 0. The standard InChI is InChI=1S/C12H17BO3/c1-3-5-8-16-12-7-6-10(4-2)9-11(12)13(14)15/h3,6-7,9,14-15H,1,4-5,8H2,2H3. The fraction of sp³-hybridized carbons (Fsp3) is 0.333. The zero-order valence-corrected chi connectivity index (χ0v) is 9.52. The second kappa shape index (κ2) is 6.35. The first-order valence-corrected chi connectivity index (χ1v) is 5.41. The molecule has 0 aliphatic carbocycles. The number of ether oxygens (including phenoxy) is 1. The SMILES string of the molecule is C=CCCOc1ccc(CC)cc1B(O)O. The molecule has 0 atom stereocenters. The van der Waals surface area contributed by atoms with Gasteiger partial charge in [-0.05, 0) is 24.5 Å². The highest BCUT2D eigenvalue weighted by molar-refractivity contribution is 6.59. The van der Waals surface area contributed by atoms with Crippen LogP contribution in [0.2, 0.25) is 0 Å². The van der Waals surface area contributed by atoms with E-state index in [0.29, 0.717) is 17.8 Å². The number of hydrogen-bond acceptors (Lipinski definition) is 3. The lowest BCUT2D eigenvalue weighted by molar-refractivity contribution is 0.325. The maximum absolute atomic E-state index is 9.24. The minimum atomic E-state index is -1.50. The van der Waals surface area contributed by atoms with E-state index in [1.54, 1.807) is 18.2 Å². The van der Waals surface area contributed by atoms with Gasteiger partial charge >= 0.3 is 7.12 Å². The third kappa shape index (κ3) is 3.40. The normalized spacial score (nSPS) is 9.94. The zero-order chi connectivity index (χ0) is 12.0. The van der Waals surface area contributed by atoms with E-state index in [9.17, 15) is 10.0 Å². The molecule has 0 aromatic heterocycles. The first kappa shape index (κ1) is 12.8. The average Bonchev–Trinajstić information content (AvgIpc) is 2.29. The van der Waals surface area contributed by atoms with E-state index in [2.05, 4.69) is 6.58 Å². The van der Waals surface area contributed by atoms with Crippen molar-refractivity contribution < 1.29 is 14.8 Å². The van der Waals surface area contributed by atoms with Crippen molar-refractivity contribution in [3.05, 3.63) is 36.4 Å². The Bertz CT molecular complexity index is 350. The van der Waals surface area contributed by atoms with Crippen LogP contribution in [0.3, 0.4) is 0 Å². The predicted octanol–water partition coefficient (Wildman–Crippen LogP) is 0.884. The number of hydrogen-bond donors (Lipinski definition) is 2. The molecule has 1 aromatic carbocycles. The van der Waals surface area contributed by atoms with E-state index < -0.39 is 7.12 Å². The third-order valence-corrected chi connectivity index (χ3v) is 2.34. The molecule has 16 heavy (non-hydrogen) atoms. The summed E-state index contributed by atoms with van der Waals surface area (Å²) in [6.07, 6.45) is 3.35. The summed E-state index contributed by atoms with van der Waals surface area (Å²) in [4.78, 5) is 0. The molecule has 3 nitrogen and oxygen atoms in total. The van der Waals surface area contributed by atoms with Crippen molar-refractivity contribution in [2.45, 2.75) is 19.8 Å². The van der Waals surface area contributed by atoms with Gasteiger partial charge in [0.15, 0.2) is 0 Å². The van der Waals surface area contributed by atoms with Crippen LogP contribution in [-0.4, -0.2) is 23.8 Å². The van der Waals surface area contributed by atoms with Gasteiger partial charge in [0.1, 0.15) is 5.75 Å². The van der Waals surface area contributed by atoms with Gasteiger partial charge in [0.25, 0.3) is 0 Å². The van der Waals surface area contributed by atoms with Crippen molar-refractivity contribution in [2.24, 2.45) is 0 Å².